The summed E-state index contributed by atoms with van der Waals surface area (Å²) in [5.74, 6) is 4.36. The molecule has 5 fully saturated rings. The Morgan fingerprint density at radius 1 is 0.205 bits per heavy atom. The van der Waals surface area contributed by atoms with Crippen LogP contribution in [0.3, 0.4) is 0 Å². The molecule has 7 aliphatic rings. The Balaban J connectivity index is 1.12. The number of nitrogens with one attached hydrogen (secondary N) is 8. The zero-order valence-electron chi connectivity index (χ0n) is 73.2. The Bertz CT molecular complexity index is 2380. The van der Waals surface area contributed by atoms with E-state index in [1.807, 2.05) is 0 Å². The van der Waals surface area contributed by atoms with Crippen LogP contribution in [0.15, 0.2) is 24.3 Å². The van der Waals surface area contributed by atoms with Gasteiger partial charge in [0.25, 0.3) is 0 Å². The standard InChI is InChI=1S/C96H172N8O8/c1-9-17-25-33-41-49-57-105-81-65-73-74(66-82(81)106-58-50-42-34-26-18-10-2)90-97-89(73)101-91-75-67-83(107-59-51-43-35-27-19-11-3)84(108-60-52-44-36-28-20-12-4)68-76(75)93(98-91)103-95-79-71-87(111-63-55-47-39-31-23-15-7)88(112-64-56-48-40-32-24-16-8)72-80(79)96(100-95)104-94-78-70-86(110-62-54-46-38-30-22-14-6)85(69-77(78)92(99-94)102-90)109-61-53-45-37-29-21-13-5/h65-66,71-72,75-78,83-86,89-104H,9-64,67-70H2,1-8H3. The van der Waals surface area contributed by atoms with E-state index < -0.39 is 0 Å². The van der Waals surface area contributed by atoms with Crippen molar-refractivity contribution in [2.75, 3.05) is 52.9 Å². The molecule has 2 saturated carbocycles. The summed E-state index contributed by atoms with van der Waals surface area (Å²) in [6.07, 6.45) is 61.3. The third-order valence-corrected chi connectivity index (χ3v) is 26.3. The highest BCUT2D eigenvalue weighted by atomic mass is 16.5. The number of ether oxygens (including phenoxy) is 8. The van der Waals surface area contributed by atoms with Crippen LogP contribution in [0.2, 0.25) is 0 Å². The summed E-state index contributed by atoms with van der Waals surface area (Å²) in [6.45, 7) is 24.2. The van der Waals surface area contributed by atoms with Crippen molar-refractivity contribution in [1.82, 2.24) is 42.5 Å². The van der Waals surface area contributed by atoms with E-state index in [1.165, 1.54) is 279 Å². The molecule has 2 aromatic carbocycles. The molecular weight excluding hydrogens is 1390 g/mol. The van der Waals surface area contributed by atoms with Gasteiger partial charge in [-0.15, -0.1) is 0 Å². The van der Waals surface area contributed by atoms with Crippen LogP contribution >= 0.6 is 0 Å². The van der Waals surface area contributed by atoms with Gasteiger partial charge in [0.1, 0.15) is 0 Å². The molecule has 8 bridgehead atoms. The highest BCUT2D eigenvalue weighted by Crippen LogP contribution is 2.49. The lowest BCUT2D eigenvalue weighted by Crippen LogP contribution is -2.55. The quantitative estimate of drug-likeness (QED) is 0.0294. The van der Waals surface area contributed by atoms with Crippen molar-refractivity contribution in [2.45, 2.75) is 463 Å². The molecule has 5 aliphatic heterocycles. The summed E-state index contributed by atoms with van der Waals surface area (Å²) in [4.78, 5) is 0. The molecule has 3 saturated heterocycles. The van der Waals surface area contributed by atoms with Crippen molar-refractivity contribution in [1.29, 1.82) is 0 Å². The van der Waals surface area contributed by atoms with Crippen LogP contribution < -0.4 is 61.5 Å². The molecule has 8 N–H and O–H groups in total. The van der Waals surface area contributed by atoms with Crippen LogP contribution in [0.5, 0.6) is 23.0 Å². The van der Waals surface area contributed by atoms with E-state index in [0.29, 0.717) is 26.4 Å². The van der Waals surface area contributed by atoms with Crippen molar-refractivity contribution in [3.63, 3.8) is 0 Å². The van der Waals surface area contributed by atoms with Gasteiger partial charge in [-0.05, 0) is 147 Å². The van der Waals surface area contributed by atoms with Crippen molar-refractivity contribution < 1.29 is 37.9 Å². The minimum Gasteiger partial charge on any atom is -0.490 e. The first-order valence-corrected chi connectivity index (χ1v) is 48.7. The van der Waals surface area contributed by atoms with E-state index in [2.05, 4.69) is 122 Å². The van der Waals surface area contributed by atoms with Gasteiger partial charge < -0.3 is 37.9 Å². The average molecular weight is 1570 g/mol. The summed E-state index contributed by atoms with van der Waals surface area (Å²) >= 11 is 0. The molecule has 0 aromatic heterocycles. The molecule has 2 aromatic rings. The predicted molar refractivity (Wildman–Crippen MR) is 464 cm³/mol. The molecule has 5 heterocycles. The Morgan fingerprint density at radius 3 is 0.562 bits per heavy atom. The molecule has 16 atom stereocenters. The normalized spacial score (nSPS) is 26.5. The lowest BCUT2D eigenvalue weighted by atomic mass is 9.75. The first-order chi connectivity index (χ1) is 55.3. The van der Waals surface area contributed by atoms with Gasteiger partial charge in [0.2, 0.25) is 0 Å². The number of hydrogen-bond donors (Lipinski definition) is 8. The van der Waals surface area contributed by atoms with Crippen LogP contribution in [0, 0.1) is 23.7 Å². The number of hydrogen-bond acceptors (Lipinski definition) is 16. The van der Waals surface area contributed by atoms with Gasteiger partial charge in [0.05, 0.1) is 100 Å². The molecule has 112 heavy (non-hydrogen) atoms. The molecule has 0 radical (unpaired) electrons. The minimum absolute atomic E-state index is 0.00764. The zero-order valence-corrected chi connectivity index (χ0v) is 73.2. The predicted octanol–water partition coefficient (Wildman–Crippen LogP) is 23.5. The number of unbranched alkanes of at least 4 members (excludes halogenated alkanes) is 40. The maximum atomic E-state index is 7.25. The molecule has 644 valence electrons. The van der Waals surface area contributed by atoms with Crippen molar-refractivity contribution >= 4 is 0 Å². The molecule has 2 aliphatic carbocycles. The van der Waals surface area contributed by atoms with Crippen molar-refractivity contribution in [3.05, 3.63) is 46.5 Å². The summed E-state index contributed by atoms with van der Waals surface area (Å²) in [7, 11) is 0. The third-order valence-electron chi connectivity index (χ3n) is 26.3. The van der Waals surface area contributed by atoms with Crippen LogP contribution in [-0.2, 0) is 18.9 Å². The molecule has 0 spiro atoms. The Hall–Kier alpha value is -2.84. The van der Waals surface area contributed by atoms with Crippen LogP contribution in [0.25, 0.3) is 0 Å². The number of fused-ring (bicyclic) bond motifs is 20. The van der Waals surface area contributed by atoms with Gasteiger partial charge in [0.15, 0.2) is 23.0 Å². The maximum absolute atomic E-state index is 7.25. The largest absolute Gasteiger partial charge is 0.490 e. The first-order valence-electron chi connectivity index (χ1n) is 48.7. The Morgan fingerprint density at radius 2 is 0.375 bits per heavy atom. The summed E-state index contributed by atoms with van der Waals surface area (Å²) in [6, 6.07) is 9.49. The zero-order chi connectivity index (χ0) is 78.4. The summed E-state index contributed by atoms with van der Waals surface area (Å²) in [5.41, 5.74) is 4.90. The van der Waals surface area contributed by atoms with E-state index in [4.69, 9.17) is 37.9 Å². The minimum atomic E-state index is -0.216. The molecule has 9 rings (SSSR count). The second-order valence-corrected chi connectivity index (χ2v) is 35.6. The Kier molecular flexibility index (Phi) is 46.4. The van der Waals surface area contributed by atoms with E-state index >= 15 is 0 Å². The molecular formula is C96H172N8O8. The molecule has 16 nitrogen and oxygen atoms in total. The van der Waals surface area contributed by atoms with Gasteiger partial charge >= 0.3 is 0 Å². The lowest BCUT2D eigenvalue weighted by Gasteiger charge is -2.41. The van der Waals surface area contributed by atoms with Crippen molar-refractivity contribution in [2.24, 2.45) is 23.7 Å². The van der Waals surface area contributed by atoms with Crippen LogP contribution in [0.4, 0.5) is 0 Å². The smallest absolute Gasteiger partial charge is 0.161 e. The fraction of sp³-hybridized carbons (Fsp3) is 0.875. The van der Waals surface area contributed by atoms with Gasteiger partial charge in [-0.25, -0.2) is 0 Å². The van der Waals surface area contributed by atoms with E-state index in [1.54, 1.807) is 0 Å². The fourth-order valence-corrected chi connectivity index (χ4v) is 19.5. The van der Waals surface area contributed by atoms with Crippen LogP contribution in [0.1, 0.15) is 436 Å². The van der Waals surface area contributed by atoms with Gasteiger partial charge in [-0.3, -0.25) is 42.5 Å². The lowest BCUT2D eigenvalue weighted by molar-refractivity contribution is -0.118. The average Bonchev–Trinajstić information content (AvgIpc) is 1.59. The van der Waals surface area contributed by atoms with Crippen LogP contribution in [-0.4, -0.2) is 102 Å². The Labute approximate surface area is 685 Å². The van der Waals surface area contributed by atoms with Crippen molar-refractivity contribution in [3.8, 4) is 23.0 Å². The SMILES string of the molecule is CCCCCCCCOc1cc2c(cc1OCCCCCCCC)C1NC2NC2NC(NC3NC(NC4NC(N1)C1CC(OCCCCCCCC)C(OCCCCCCCC)CC41)c1cc(OCCCCCCCC)c(OCCCCCCCC)cc13)C1CC(OCCCCCCCC)C(OCCCCCCCC)CC21. The highest BCUT2D eigenvalue weighted by molar-refractivity contribution is 5.53. The molecule has 16 unspecified atom stereocenters. The highest BCUT2D eigenvalue weighted by Gasteiger charge is 2.55. The third kappa shape index (κ3) is 31.1. The second kappa shape index (κ2) is 55.8. The van der Waals surface area contributed by atoms with Gasteiger partial charge in [-0.1, -0.05) is 312 Å². The number of benzene rings is 2. The monoisotopic (exact) mass is 1570 g/mol. The molecule has 0 amide bonds. The summed E-state index contributed by atoms with van der Waals surface area (Å²) in [5, 5.41) is 35.2. The van der Waals surface area contributed by atoms with Gasteiger partial charge in [0, 0.05) is 26.4 Å². The molecule has 16 heteroatoms. The number of rotatable bonds is 64. The first kappa shape index (κ1) is 93.0. The van der Waals surface area contributed by atoms with E-state index in [0.717, 1.165) is 126 Å². The summed E-state index contributed by atoms with van der Waals surface area (Å²) < 4.78 is 57.2. The fourth-order valence-electron chi connectivity index (χ4n) is 19.5. The topological polar surface area (TPSA) is 170 Å². The van der Waals surface area contributed by atoms with E-state index in [-0.39, 0.29) is 97.4 Å². The van der Waals surface area contributed by atoms with Gasteiger partial charge in [-0.2, -0.15) is 0 Å². The van der Waals surface area contributed by atoms with E-state index in [9.17, 15) is 0 Å². The maximum Gasteiger partial charge on any atom is 0.161 e. The second-order valence-electron chi connectivity index (χ2n) is 35.6.